The van der Waals surface area contributed by atoms with Gasteiger partial charge in [-0.1, -0.05) is 24.3 Å². The molecule has 2 unspecified atom stereocenters. The second-order valence-corrected chi connectivity index (χ2v) is 8.17. The van der Waals surface area contributed by atoms with E-state index in [4.69, 9.17) is 4.74 Å². The molecule has 0 aliphatic carbocycles. The summed E-state index contributed by atoms with van der Waals surface area (Å²) in [6, 6.07) is 13.1. The molecule has 2 N–H and O–H groups in total. The Morgan fingerprint density at radius 2 is 2.11 bits per heavy atom. The van der Waals surface area contributed by atoms with Crippen molar-refractivity contribution in [3.8, 4) is 5.75 Å². The minimum Gasteiger partial charge on any atom is -0.494 e. The summed E-state index contributed by atoms with van der Waals surface area (Å²) in [4.78, 5) is 8.37. The minimum atomic E-state index is 0.484. The second-order valence-electron chi connectivity index (χ2n) is 7.19. The molecule has 0 radical (unpaired) electrons. The smallest absolute Gasteiger partial charge is 0.191 e. The number of para-hydroxylation sites is 1. The van der Waals surface area contributed by atoms with Crippen molar-refractivity contribution in [3.05, 3.63) is 52.2 Å². The van der Waals surface area contributed by atoms with Gasteiger partial charge >= 0.3 is 0 Å². The van der Waals surface area contributed by atoms with E-state index in [0.717, 1.165) is 23.8 Å². The standard InChI is InChI=1S/C22H32N4OS/c1-4-27-19-11-6-5-9-17(19)15-24-22(23-2)25-16-18-10-7-13-26(3)21(18)20-12-8-14-28-20/h5-6,8-9,11-12,14,18,21H,4,7,10,13,15-16H2,1-3H3,(H2,23,24,25). The molecule has 1 aromatic carbocycles. The van der Waals surface area contributed by atoms with Gasteiger partial charge in [0.2, 0.25) is 0 Å². The van der Waals surface area contributed by atoms with Gasteiger partial charge in [-0.2, -0.15) is 0 Å². The van der Waals surface area contributed by atoms with Gasteiger partial charge in [-0.15, -0.1) is 11.3 Å². The van der Waals surface area contributed by atoms with Crippen LogP contribution in [0, 0.1) is 5.92 Å². The van der Waals surface area contributed by atoms with E-state index in [2.05, 4.69) is 51.2 Å². The van der Waals surface area contributed by atoms with Crippen LogP contribution in [0.25, 0.3) is 0 Å². The summed E-state index contributed by atoms with van der Waals surface area (Å²) >= 11 is 1.86. The van der Waals surface area contributed by atoms with Crippen molar-refractivity contribution in [1.29, 1.82) is 0 Å². The van der Waals surface area contributed by atoms with Gasteiger partial charge in [-0.25, -0.2) is 0 Å². The van der Waals surface area contributed by atoms with Crippen LogP contribution in [0.1, 0.15) is 36.2 Å². The topological polar surface area (TPSA) is 48.9 Å². The number of hydrogen-bond acceptors (Lipinski definition) is 4. The monoisotopic (exact) mass is 400 g/mol. The quantitative estimate of drug-likeness (QED) is 0.547. The summed E-state index contributed by atoms with van der Waals surface area (Å²) in [6.07, 6.45) is 2.49. The van der Waals surface area contributed by atoms with Gasteiger partial charge in [0.25, 0.3) is 0 Å². The summed E-state index contributed by atoms with van der Waals surface area (Å²) < 4.78 is 5.72. The van der Waals surface area contributed by atoms with Gasteiger partial charge in [-0.05, 0) is 56.8 Å². The van der Waals surface area contributed by atoms with Gasteiger partial charge < -0.3 is 15.4 Å². The summed E-state index contributed by atoms with van der Waals surface area (Å²) in [6.45, 7) is 5.45. The zero-order valence-corrected chi connectivity index (χ0v) is 18.0. The molecule has 152 valence electrons. The van der Waals surface area contributed by atoms with Crippen LogP contribution in [0.5, 0.6) is 5.75 Å². The highest BCUT2D eigenvalue weighted by Gasteiger charge is 2.31. The van der Waals surface area contributed by atoms with Crippen LogP contribution in [-0.2, 0) is 6.54 Å². The molecular weight excluding hydrogens is 368 g/mol. The summed E-state index contributed by atoms with van der Waals surface area (Å²) in [7, 11) is 4.07. The maximum absolute atomic E-state index is 5.72. The molecule has 1 saturated heterocycles. The Bertz CT molecular complexity index is 747. The molecule has 5 nitrogen and oxygen atoms in total. The van der Waals surface area contributed by atoms with Crippen molar-refractivity contribution in [3.63, 3.8) is 0 Å². The van der Waals surface area contributed by atoms with E-state index in [1.165, 1.54) is 24.3 Å². The lowest BCUT2D eigenvalue weighted by Crippen LogP contribution is -2.44. The number of aliphatic imine (C=N–C) groups is 1. The number of ether oxygens (including phenoxy) is 1. The van der Waals surface area contributed by atoms with Crippen molar-refractivity contribution in [2.75, 3.05) is 33.8 Å². The van der Waals surface area contributed by atoms with Gasteiger partial charge in [0.05, 0.1) is 6.61 Å². The van der Waals surface area contributed by atoms with E-state index in [-0.39, 0.29) is 0 Å². The van der Waals surface area contributed by atoms with Crippen LogP contribution in [0.4, 0.5) is 0 Å². The van der Waals surface area contributed by atoms with Gasteiger partial charge in [0, 0.05) is 36.6 Å². The number of nitrogens with one attached hydrogen (secondary N) is 2. The largest absolute Gasteiger partial charge is 0.494 e. The fraction of sp³-hybridized carbons (Fsp3) is 0.500. The number of guanidine groups is 1. The number of thiophene rings is 1. The third-order valence-electron chi connectivity index (χ3n) is 5.32. The lowest BCUT2D eigenvalue weighted by molar-refractivity contribution is 0.125. The Labute approximate surface area is 172 Å². The molecule has 2 heterocycles. The maximum Gasteiger partial charge on any atom is 0.191 e. The third kappa shape index (κ3) is 5.26. The van der Waals surface area contributed by atoms with Crippen LogP contribution in [0.3, 0.4) is 0 Å². The summed E-state index contributed by atoms with van der Waals surface area (Å²) in [5, 5.41) is 9.16. The van der Waals surface area contributed by atoms with E-state index < -0.39 is 0 Å². The first kappa shape index (κ1) is 20.7. The Morgan fingerprint density at radius 1 is 1.25 bits per heavy atom. The Hall–Kier alpha value is -2.05. The zero-order chi connectivity index (χ0) is 19.8. The summed E-state index contributed by atoms with van der Waals surface area (Å²) in [5.41, 5.74) is 1.14. The molecule has 0 amide bonds. The number of benzene rings is 1. The third-order valence-corrected chi connectivity index (χ3v) is 6.26. The average Bonchev–Trinajstić information content (AvgIpc) is 3.24. The lowest BCUT2D eigenvalue weighted by atomic mass is 9.88. The first-order valence-corrected chi connectivity index (χ1v) is 11.0. The van der Waals surface area contributed by atoms with Crippen molar-refractivity contribution in [2.45, 2.75) is 32.4 Å². The molecule has 0 saturated carbocycles. The van der Waals surface area contributed by atoms with E-state index in [0.29, 0.717) is 25.1 Å². The molecule has 6 heteroatoms. The average molecular weight is 401 g/mol. The number of likely N-dealkylation sites (tertiary alicyclic amines) is 1. The van der Waals surface area contributed by atoms with E-state index in [9.17, 15) is 0 Å². The molecule has 28 heavy (non-hydrogen) atoms. The van der Waals surface area contributed by atoms with E-state index in [1.54, 1.807) is 0 Å². The van der Waals surface area contributed by atoms with Gasteiger partial charge in [-0.3, -0.25) is 9.89 Å². The first-order valence-electron chi connectivity index (χ1n) is 10.1. The van der Waals surface area contributed by atoms with Crippen molar-refractivity contribution in [1.82, 2.24) is 15.5 Å². The number of nitrogens with zero attached hydrogens (tertiary/aromatic N) is 2. The Kier molecular flexibility index (Phi) is 7.74. The fourth-order valence-corrected chi connectivity index (χ4v) is 4.94. The molecule has 2 aromatic rings. The zero-order valence-electron chi connectivity index (χ0n) is 17.1. The predicted octanol–water partition coefficient (Wildman–Crippen LogP) is 3.89. The maximum atomic E-state index is 5.72. The molecular formula is C22H32N4OS. The van der Waals surface area contributed by atoms with E-state index >= 15 is 0 Å². The molecule has 1 fully saturated rings. The van der Waals surface area contributed by atoms with Crippen LogP contribution in [0.2, 0.25) is 0 Å². The Balaban J connectivity index is 1.58. The lowest BCUT2D eigenvalue weighted by Gasteiger charge is -2.39. The fourth-order valence-electron chi connectivity index (χ4n) is 3.96. The molecule has 1 aliphatic rings. The van der Waals surface area contributed by atoms with Crippen molar-refractivity contribution in [2.24, 2.45) is 10.9 Å². The molecule has 2 atom stereocenters. The molecule has 0 spiro atoms. The first-order chi connectivity index (χ1) is 13.7. The predicted molar refractivity (Wildman–Crippen MR) is 118 cm³/mol. The van der Waals surface area contributed by atoms with Crippen LogP contribution >= 0.6 is 11.3 Å². The van der Waals surface area contributed by atoms with Crippen LogP contribution < -0.4 is 15.4 Å². The van der Waals surface area contributed by atoms with Gasteiger partial charge in [0.1, 0.15) is 5.75 Å². The number of rotatable bonds is 7. The Morgan fingerprint density at radius 3 is 2.86 bits per heavy atom. The second kappa shape index (κ2) is 10.5. The highest BCUT2D eigenvalue weighted by Crippen LogP contribution is 2.36. The van der Waals surface area contributed by atoms with Crippen molar-refractivity contribution >= 4 is 17.3 Å². The SMILES string of the molecule is CCOc1ccccc1CNC(=NC)NCC1CCCN(C)C1c1cccs1. The molecule has 3 rings (SSSR count). The number of hydrogen-bond donors (Lipinski definition) is 2. The number of piperidine rings is 1. The van der Waals surface area contributed by atoms with E-state index in [1.807, 2.05) is 43.5 Å². The molecule has 1 aliphatic heterocycles. The highest BCUT2D eigenvalue weighted by atomic mass is 32.1. The highest BCUT2D eigenvalue weighted by molar-refractivity contribution is 7.10. The van der Waals surface area contributed by atoms with Crippen LogP contribution in [0.15, 0.2) is 46.8 Å². The van der Waals surface area contributed by atoms with Gasteiger partial charge in [0.15, 0.2) is 5.96 Å². The summed E-state index contributed by atoms with van der Waals surface area (Å²) in [5.74, 6) is 2.34. The minimum absolute atomic E-state index is 0.484. The molecule has 0 bridgehead atoms. The normalized spacial score (nSPS) is 20.8. The molecule has 1 aromatic heterocycles. The van der Waals surface area contributed by atoms with Crippen molar-refractivity contribution < 1.29 is 4.74 Å². The van der Waals surface area contributed by atoms with Crippen LogP contribution in [-0.4, -0.2) is 44.7 Å².